The molecule has 1 saturated carbocycles. The van der Waals surface area contributed by atoms with Gasteiger partial charge in [-0.2, -0.15) is 0 Å². The molecule has 0 unspecified atom stereocenters. The lowest BCUT2D eigenvalue weighted by atomic mass is 9.78. The first-order chi connectivity index (χ1) is 9.47. The van der Waals surface area contributed by atoms with E-state index in [9.17, 15) is 9.90 Å². The largest absolute Gasteiger partial charge is 0.496 e. The Morgan fingerprint density at radius 3 is 2.35 bits per heavy atom. The maximum Gasteiger partial charge on any atom is 0.314 e. The smallest absolute Gasteiger partial charge is 0.314 e. The van der Waals surface area contributed by atoms with Gasteiger partial charge < -0.3 is 14.6 Å². The fourth-order valence-corrected chi connectivity index (χ4v) is 3.32. The molecule has 2 rings (SSSR count). The second-order valence-corrected chi connectivity index (χ2v) is 5.57. The van der Waals surface area contributed by atoms with Gasteiger partial charge in [-0.05, 0) is 25.8 Å². The summed E-state index contributed by atoms with van der Waals surface area (Å²) in [6.07, 6.45) is 2.98. The van der Waals surface area contributed by atoms with Crippen molar-refractivity contribution in [2.24, 2.45) is 0 Å². The van der Waals surface area contributed by atoms with Crippen molar-refractivity contribution in [3.8, 4) is 11.5 Å². The lowest BCUT2D eigenvalue weighted by Gasteiger charge is -2.28. The first-order valence-electron chi connectivity index (χ1n) is 6.63. The fraction of sp³-hybridized carbons (Fsp3) is 0.533. The van der Waals surface area contributed by atoms with Crippen molar-refractivity contribution in [3.63, 3.8) is 0 Å². The number of benzene rings is 1. The number of hydrogen-bond acceptors (Lipinski definition) is 3. The summed E-state index contributed by atoms with van der Waals surface area (Å²) in [5, 5.41) is 10.1. The Balaban J connectivity index is 2.71. The minimum atomic E-state index is -0.921. The van der Waals surface area contributed by atoms with Crippen LogP contribution in [0.25, 0.3) is 0 Å². The minimum absolute atomic E-state index is 0.425. The van der Waals surface area contributed by atoms with E-state index in [0.29, 0.717) is 34.9 Å². The third-order valence-corrected chi connectivity index (χ3v) is 4.68. The molecule has 0 radical (unpaired) electrons. The van der Waals surface area contributed by atoms with Crippen LogP contribution in [0.1, 0.15) is 36.8 Å². The molecule has 1 aromatic carbocycles. The molecule has 0 aromatic heterocycles. The number of carbonyl (C=O) groups is 1. The van der Waals surface area contributed by atoms with Crippen molar-refractivity contribution in [2.45, 2.75) is 38.0 Å². The number of methoxy groups -OCH3 is 2. The van der Waals surface area contributed by atoms with Gasteiger partial charge >= 0.3 is 5.97 Å². The number of aliphatic carboxylic acids is 1. The summed E-state index contributed by atoms with van der Waals surface area (Å²) in [6.45, 7) is 1.83. The van der Waals surface area contributed by atoms with E-state index >= 15 is 0 Å². The maximum atomic E-state index is 11.8. The summed E-state index contributed by atoms with van der Waals surface area (Å²) >= 11 is 6.33. The van der Waals surface area contributed by atoms with Crippen LogP contribution in [0.4, 0.5) is 0 Å². The topological polar surface area (TPSA) is 55.8 Å². The number of hydrogen-bond donors (Lipinski definition) is 1. The van der Waals surface area contributed by atoms with Gasteiger partial charge in [0.2, 0.25) is 0 Å². The Morgan fingerprint density at radius 1 is 1.30 bits per heavy atom. The highest BCUT2D eigenvalue weighted by Crippen LogP contribution is 2.49. The molecule has 110 valence electrons. The van der Waals surface area contributed by atoms with Crippen LogP contribution in [0.15, 0.2) is 6.07 Å². The third-order valence-electron chi connectivity index (χ3n) is 4.22. The summed E-state index contributed by atoms with van der Waals surface area (Å²) < 4.78 is 10.7. The zero-order valence-electron chi connectivity index (χ0n) is 12.0. The average Bonchev–Trinajstić information content (AvgIpc) is 2.92. The van der Waals surface area contributed by atoms with Gasteiger partial charge in [0.15, 0.2) is 0 Å². The van der Waals surface area contributed by atoms with Crippen LogP contribution >= 0.6 is 11.6 Å². The molecule has 1 aliphatic carbocycles. The molecule has 0 spiro atoms. The summed E-state index contributed by atoms with van der Waals surface area (Å²) in [5.74, 6) is 0.225. The van der Waals surface area contributed by atoms with Gasteiger partial charge in [0, 0.05) is 11.1 Å². The normalized spacial score (nSPS) is 17.0. The maximum absolute atomic E-state index is 11.8. The van der Waals surface area contributed by atoms with E-state index in [-0.39, 0.29) is 0 Å². The zero-order chi connectivity index (χ0) is 14.9. The van der Waals surface area contributed by atoms with Crippen molar-refractivity contribution >= 4 is 17.6 Å². The number of ether oxygens (including phenoxy) is 2. The monoisotopic (exact) mass is 298 g/mol. The summed E-state index contributed by atoms with van der Waals surface area (Å²) in [5.41, 5.74) is 0.460. The Hall–Kier alpha value is -1.42. The fourth-order valence-electron chi connectivity index (χ4n) is 3.05. The van der Waals surface area contributed by atoms with Crippen LogP contribution in [-0.4, -0.2) is 25.3 Å². The van der Waals surface area contributed by atoms with Crippen molar-refractivity contribution in [1.82, 2.24) is 0 Å². The first-order valence-corrected chi connectivity index (χ1v) is 7.00. The predicted molar refractivity (Wildman–Crippen MR) is 77.1 cm³/mol. The van der Waals surface area contributed by atoms with Crippen molar-refractivity contribution in [2.75, 3.05) is 14.2 Å². The van der Waals surface area contributed by atoms with Crippen LogP contribution in [-0.2, 0) is 10.2 Å². The molecule has 1 fully saturated rings. The minimum Gasteiger partial charge on any atom is -0.496 e. The lowest BCUT2D eigenvalue weighted by molar-refractivity contribution is -0.143. The average molecular weight is 299 g/mol. The molecule has 1 N–H and O–H groups in total. The van der Waals surface area contributed by atoms with Gasteiger partial charge in [-0.1, -0.05) is 24.4 Å². The van der Waals surface area contributed by atoms with Crippen molar-refractivity contribution in [3.05, 3.63) is 22.2 Å². The van der Waals surface area contributed by atoms with Crippen LogP contribution in [0.5, 0.6) is 11.5 Å². The molecule has 0 saturated heterocycles. The Labute approximate surface area is 123 Å². The lowest BCUT2D eigenvalue weighted by Crippen LogP contribution is -2.33. The molecule has 0 aliphatic heterocycles. The van der Waals surface area contributed by atoms with Crippen LogP contribution in [0.3, 0.4) is 0 Å². The molecule has 1 aliphatic rings. The van der Waals surface area contributed by atoms with Gasteiger partial charge in [-0.3, -0.25) is 4.79 Å². The quantitative estimate of drug-likeness (QED) is 0.923. The highest BCUT2D eigenvalue weighted by Gasteiger charge is 2.45. The van der Waals surface area contributed by atoms with E-state index in [4.69, 9.17) is 21.1 Å². The summed E-state index contributed by atoms with van der Waals surface area (Å²) in [6, 6.07) is 1.76. The molecular weight excluding hydrogens is 280 g/mol. The molecular formula is C15H19ClO4. The summed E-state index contributed by atoms with van der Waals surface area (Å²) in [4.78, 5) is 11.8. The number of halogens is 1. The molecule has 1 aromatic rings. The molecule has 0 atom stereocenters. The van der Waals surface area contributed by atoms with Crippen molar-refractivity contribution in [1.29, 1.82) is 0 Å². The second-order valence-electron chi connectivity index (χ2n) is 5.19. The van der Waals surface area contributed by atoms with Gasteiger partial charge in [-0.25, -0.2) is 0 Å². The molecule has 20 heavy (non-hydrogen) atoms. The van der Waals surface area contributed by atoms with E-state index in [1.165, 1.54) is 7.11 Å². The Morgan fingerprint density at radius 2 is 1.90 bits per heavy atom. The van der Waals surface area contributed by atoms with E-state index in [0.717, 1.165) is 18.4 Å². The Bertz CT molecular complexity index is 533. The first kappa shape index (κ1) is 15.0. The highest BCUT2D eigenvalue weighted by molar-refractivity contribution is 6.33. The zero-order valence-corrected chi connectivity index (χ0v) is 12.7. The van der Waals surface area contributed by atoms with E-state index in [2.05, 4.69) is 0 Å². The number of carboxylic acid groups (broad SMARTS) is 1. The van der Waals surface area contributed by atoms with E-state index in [1.54, 1.807) is 13.2 Å². The van der Waals surface area contributed by atoms with Gasteiger partial charge in [-0.15, -0.1) is 0 Å². The summed E-state index contributed by atoms with van der Waals surface area (Å²) in [7, 11) is 3.07. The van der Waals surface area contributed by atoms with Gasteiger partial charge in [0.1, 0.15) is 11.5 Å². The second kappa shape index (κ2) is 5.52. The van der Waals surface area contributed by atoms with Crippen LogP contribution < -0.4 is 9.47 Å². The van der Waals surface area contributed by atoms with Gasteiger partial charge in [0.25, 0.3) is 0 Å². The van der Waals surface area contributed by atoms with Crippen molar-refractivity contribution < 1.29 is 19.4 Å². The van der Waals surface area contributed by atoms with Crippen LogP contribution in [0, 0.1) is 6.92 Å². The third kappa shape index (κ3) is 2.12. The number of rotatable bonds is 4. The molecule has 4 nitrogen and oxygen atoms in total. The highest BCUT2D eigenvalue weighted by atomic mass is 35.5. The van der Waals surface area contributed by atoms with Gasteiger partial charge in [0.05, 0.1) is 24.7 Å². The SMILES string of the molecule is COc1cc(C2(C(=O)O)CCCC2)c(OC)c(Cl)c1C. The molecule has 0 bridgehead atoms. The molecule has 0 amide bonds. The van der Waals surface area contributed by atoms with E-state index in [1.807, 2.05) is 6.92 Å². The Kier molecular flexibility index (Phi) is 4.14. The molecule has 0 heterocycles. The van der Waals surface area contributed by atoms with Crippen LogP contribution in [0.2, 0.25) is 5.02 Å². The standard InChI is InChI=1S/C15H19ClO4/c1-9-11(19-2)8-10(13(20-3)12(9)16)15(14(17)18)6-4-5-7-15/h8H,4-7H2,1-3H3,(H,17,18). The molecule has 5 heteroatoms. The number of carboxylic acids is 1. The van der Waals surface area contributed by atoms with E-state index < -0.39 is 11.4 Å². The predicted octanol–water partition coefficient (Wildman–Crippen LogP) is 3.56.